The lowest BCUT2D eigenvalue weighted by molar-refractivity contribution is -0.133. The van der Waals surface area contributed by atoms with Gasteiger partial charge in [-0.2, -0.15) is 0 Å². The molecule has 0 aromatic rings. The summed E-state index contributed by atoms with van der Waals surface area (Å²) in [5.41, 5.74) is 0.376. The van der Waals surface area contributed by atoms with Gasteiger partial charge in [0.05, 0.1) is 11.5 Å². The van der Waals surface area contributed by atoms with E-state index in [1.165, 1.54) is 0 Å². The molecule has 1 fully saturated rings. The van der Waals surface area contributed by atoms with Crippen LogP contribution < -0.4 is 5.32 Å². The Hall–Kier alpha value is -0.710. The van der Waals surface area contributed by atoms with Gasteiger partial charge in [0, 0.05) is 6.54 Å². The van der Waals surface area contributed by atoms with Crippen molar-refractivity contribution in [1.82, 2.24) is 5.32 Å². The first-order valence-electron chi connectivity index (χ1n) is 4.98. The van der Waals surface area contributed by atoms with Crippen molar-refractivity contribution in [3.63, 3.8) is 0 Å². The largest absolute Gasteiger partial charge is 0.481 e. The Morgan fingerprint density at radius 3 is 2.53 bits per heavy atom. The SMILES string of the molecule is CC1(C)CC1CNC(=O)CSCC(=O)O. The number of hydrogen-bond donors (Lipinski definition) is 2. The zero-order valence-electron chi connectivity index (χ0n) is 9.08. The fraction of sp³-hybridized carbons (Fsp3) is 0.800. The maximum absolute atomic E-state index is 11.2. The summed E-state index contributed by atoms with van der Waals surface area (Å²) < 4.78 is 0. The molecule has 1 saturated carbocycles. The Balaban J connectivity index is 2.02. The number of carbonyl (C=O) groups excluding carboxylic acids is 1. The summed E-state index contributed by atoms with van der Waals surface area (Å²) in [4.78, 5) is 21.4. The predicted octanol–water partition coefficient (Wildman–Crippen LogP) is 0.967. The Morgan fingerprint density at radius 2 is 2.07 bits per heavy atom. The molecule has 1 rings (SSSR count). The van der Waals surface area contributed by atoms with Crippen LogP contribution in [0.4, 0.5) is 0 Å². The lowest BCUT2D eigenvalue weighted by atomic mass is 10.1. The van der Waals surface area contributed by atoms with Crippen LogP contribution in [0.1, 0.15) is 20.3 Å². The lowest BCUT2D eigenvalue weighted by Gasteiger charge is -2.05. The fourth-order valence-corrected chi connectivity index (χ4v) is 2.01. The smallest absolute Gasteiger partial charge is 0.313 e. The molecule has 0 bridgehead atoms. The van der Waals surface area contributed by atoms with Gasteiger partial charge >= 0.3 is 5.97 Å². The molecule has 0 spiro atoms. The zero-order valence-corrected chi connectivity index (χ0v) is 9.89. The molecular weight excluding hydrogens is 214 g/mol. The van der Waals surface area contributed by atoms with Crippen LogP contribution in [0.25, 0.3) is 0 Å². The molecular formula is C10H17NO3S. The molecule has 1 aliphatic carbocycles. The molecule has 1 aliphatic rings. The summed E-state index contributed by atoms with van der Waals surface area (Å²) in [6, 6.07) is 0. The van der Waals surface area contributed by atoms with E-state index in [1.54, 1.807) is 0 Å². The number of rotatable bonds is 6. The van der Waals surface area contributed by atoms with Crippen LogP contribution in [0.5, 0.6) is 0 Å². The van der Waals surface area contributed by atoms with Gasteiger partial charge in [0.2, 0.25) is 5.91 Å². The summed E-state index contributed by atoms with van der Waals surface area (Å²) in [6.07, 6.45) is 1.16. The summed E-state index contributed by atoms with van der Waals surface area (Å²) in [7, 11) is 0. The summed E-state index contributed by atoms with van der Waals surface area (Å²) in [5.74, 6) is -0.132. The van der Waals surface area contributed by atoms with Gasteiger partial charge in [-0.1, -0.05) is 13.8 Å². The first-order chi connectivity index (χ1) is 6.92. The summed E-state index contributed by atoms with van der Waals surface area (Å²) in [6.45, 7) is 5.09. The number of aliphatic carboxylic acids is 1. The van der Waals surface area contributed by atoms with E-state index in [0.717, 1.165) is 24.7 Å². The van der Waals surface area contributed by atoms with Crippen molar-refractivity contribution in [3.05, 3.63) is 0 Å². The summed E-state index contributed by atoms with van der Waals surface area (Å²) in [5, 5.41) is 11.2. The third-order valence-corrected chi connectivity index (χ3v) is 3.64. The molecule has 2 N–H and O–H groups in total. The van der Waals surface area contributed by atoms with Crippen LogP contribution in [0.15, 0.2) is 0 Å². The van der Waals surface area contributed by atoms with Crippen molar-refractivity contribution in [1.29, 1.82) is 0 Å². The van der Waals surface area contributed by atoms with Crippen molar-refractivity contribution in [2.24, 2.45) is 11.3 Å². The number of thioether (sulfide) groups is 1. The third-order valence-electron chi connectivity index (χ3n) is 2.72. The van der Waals surface area contributed by atoms with Crippen LogP contribution in [0, 0.1) is 11.3 Å². The molecule has 1 atom stereocenters. The van der Waals surface area contributed by atoms with E-state index >= 15 is 0 Å². The van der Waals surface area contributed by atoms with E-state index in [2.05, 4.69) is 19.2 Å². The van der Waals surface area contributed by atoms with Gasteiger partial charge in [0.15, 0.2) is 0 Å². The summed E-state index contributed by atoms with van der Waals surface area (Å²) >= 11 is 1.13. The van der Waals surface area contributed by atoms with Gasteiger partial charge in [0.25, 0.3) is 0 Å². The Kier molecular flexibility index (Phi) is 4.02. The number of carboxylic acid groups (broad SMARTS) is 1. The fourth-order valence-electron chi connectivity index (χ4n) is 1.44. The highest BCUT2D eigenvalue weighted by Crippen LogP contribution is 2.50. The highest BCUT2D eigenvalue weighted by molar-refractivity contribution is 8.00. The van der Waals surface area contributed by atoms with E-state index in [4.69, 9.17) is 5.11 Å². The van der Waals surface area contributed by atoms with Crippen LogP contribution in [0.2, 0.25) is 0 Å². The van der Waals surface area contributed by atoms with Gasteiger partial charge in [-0.25, -0.2) is 0 Å². The minimum Gasteiger partial charge on any atom is -0.481 e. The second-order valence-corrected chi connectivity index (χ2v) is 5.57. The number of amides is 1. The van der Waals surface area contributed by atoms with E-state index in [9.17, 15) is 9.59 Å². The molecule has 0 radical (unpaired) electrons. The molecule has 0 aromatic carbocycles. The predicted molar refractivity (Wildman–Crippen MR) is 59.9 cm³/mol. The van der Waals surface area contributed by atoms with Crippen molar-refractivity contribution in [2.45, 2.75) is 20.3 Å². The molecule has 0 heterocycles. The topological polar surface area (TPSA) is 66.4 Å². The van der Waals surface area contributed by atoms with Crippen LogP contribution in [-0.2, 0) is 9.59 Å². The molecule has 1 unspecified atom stereocenters. The molecule has 15 heavy (non-hydrogen) atoms. The second kappa shape index (κ2) is 4.88. The molecule has 0 aliphatic heterocycles. The van der Waals surface area contributed by atoms with E-state index in [1.807, 2.05) is 0 Å². The van der Waals surface area contributed by atoms with E-state index in [-0.39, 0.29) is 17.4 Å². The molecule has 86 valence electrons. The first kappa shape index (κ1) is 12.4. The van der Waals surface area contributed by atoms with Gasteiger partial charge in [0.1, 0.15) is 0 Å². The third kappa shape index (κ3) is 4.55. The van der Waals surface area contributed by atoms with Crippen molar-refractivity contribution < 1.29 is 14.7 Å². The maximum atomic E-state index is 11.2. The van der Waals surface area contributed by atoms with Crippen molar-refractivity contribution >= 4 is 23.6 Å². The quantitative estimate of drug-likeness (QED) is 0.714. The molecule has 5 heteroatoms. The van der Waals surface area contributed by atoms with Crippen molar-refractivity contribution in [2.75, 3.05) is 18.1 Å². The van der Waals surface area contributed by atoms with Gasteiger partial charge < -0.3 is 10.4 Å². The van der Waals surface area contributed by atoms with Gasteiger partial charge in [-0.3, -0.25) is 9.59 Å². The Labute approximate surface area is 93.8 Å². The minimum absolute atomic E-state index is 0.0116. The number of carboxylic acids is 1. The standard InChI is InChI=1S/C10H17NO3S/c1-10(2)3-7(10)4-11-8(12)5-15-6-9(13)14/h7H,3-6H2,1-2H3,(H,11,12)(H,13,14). The lowest BCUT2D eigenvalue weighted by Crippen LogP contribution is -2.28. The molecule has 0 saturated heterocycles. The number of hydrogen-bond acceptors (Lipinski definition) is 3. The van der Waals surface area contributed by atoms with Crippen LogP contribution in [-0.4, -0.2) is 35.0 Å². The van der Waals surface area contributed by atoms with E-state index < -0.39 is 5.97 Å². The van der Waals surface area contributed by atoms with Gasteiger partial charge in [-0.15, -0.1) is 11.8 Å². The van der Waals surface area contributed by atoms with Crippen LogP contribution >= 0.6 is 11.8 Å². The number of carbonyl (C=O) groups is 2. The average molecular weight is 231 g/mol. The first-order valence-corrected chi connectivity index (χ1v) is 6.13. The second-order valence-electron chi connectivity index (χ2n) is 4.58. The Bertz CT molecular complexity index is 265. The molecule has 0 aromatic heterocycles. The molecule has 4 nitrogen and oxygen atoms in total. The van der Waals surface area contributed by atoms with Gasteiger partial charge in [-0.05, 0) is 17.8 Å². The number of nitrogens with one attached hydrogen (secondary N) is 1. The molecule has 1 amide bonds. The van der Waals surface area contributed by atoms with E-state index in [0.29, 0.717) is 11.3 Å². The average Bonchev–Trinajstić information content (AvgIpc) is 2.70. The zero-order chi connectivity index (χ0) is 11.5. The normalized spacial score (nSPS) is 22.1. The highest BCUT2D eigenvalue weighted by Gasteiger charge is 2.45. The monoisotopic (exact) mass is 231 g/mol. The maximum Gasteiger partial charge on any atom is 0.313 e. The minimum atomic E-state index is -0.879. The van der Waals surface area contributed by atoms with Crippen LogP contribution in [0.3, 0.4) is 0 Å². The highest BCUT2D eigenvalue weighted by atomic mass is 32.2. The van der Waals surface area contributed by atoms with Crippen molar-refractivity contribution in [3.8, 4) is 0 Å². The Morgan fingerprint density at radius 1 is 1.47 bits per heavy atom.